The maximum Gasteiger partial charge on any atom is 1.00 e. The van der Waals surface area contributed by atoms with Crippen LogP contribution in [-0.4, -0.2) is 11.4 Å². The number of rotatable bonds is 1. The average molecular weight is 166 g/mol. The fourth-order valence-electron chi connectivity index (χ4n) is 0. The van der Waals surface area contributed by atoms with Crippen molar-refractivity contribution in [1.29, 1.82) is 0 Å². The van der Waals surface area contributed by atoms with Crippen LogP contribution in [0.2, 0.25) is 0 Å². The predicted molar refractivity (Wildman–Crippen MR) is 17.1 cm³/mol. The first-order chi connectivity index (χ1) is 2.27. The van der Waals surface area contributed by atoms with Crippen molar-refractivity contribution in [3.05, 3.63) is 12.7 Å². The zero-order valence-corrected chi connectivity index (χ0v) is 11.3. The molecule has 0 spiro atoms. The largest absolute Gasteiger partial charge is 1.00 e. The van der Waals surface area contributed by atoms with Gasteiger partial charge in [-0.3, -0.25) is 0 Å². The zero-order chi connectivity index (χ0) is 4.28. The minimum absolute atomic E-state index is 0. The van der Waals surface area contributed by atoms with Crippen LogP contribution in [0.5, 0.6) is 0 Å². The van der Waals surface area contributed by atoms with Crippen molar-refractivity contribution in [1.82, 2.24) is 0 Å². The van der Waals surface area contributed by atoms with Crippen LogP contribution in [-0.2, 0) is 4.79 Å². The number of carboxylic acid groups (broad SMARTS) is 1. The molecule has 0 aromatic rings. The topological polar surface area (TPSA) is 70.1 Å². The Bertz CT molecular complexity index is 63.5. The maximum absolute atomic E-state index is 9.14. The van der Waals surface area contributed by atoms with Crippen molar-refractivity contribution in [3.63, 3.8) is 0 Å². The SMILES string of the molecule is C=CC(=O)[O-].[K+].[K+].[OH-]. The molecule has 0 aliphatic carbocycles. The van der Waals surface area contributed by atoms with Gasteiger partial charge in [0.15, 0.2) is 0 Å². The van der Waals surface area contributed by atoms with Gasteiger partial charge in [-0.25, -0.2) is 0 Å². The minimum Gasteiger partial charge on any atom is -0.870 e. The molecule has 8 heavy (non-hydrogen) atoms. The van der Waals surface area contributed by atoms with Crippen LogP contribution in [0.3, 0.4) is 0 Å². The van der Waals surface area contributed by atoms with Crippen LogP contribution in [0.25, 0.3) is 0 Å². The van der Waals surface area contributed by atoms with Crippen LogP contribution in [0.15, 0.2) is 12.7 Å². The number of aliphatic carboxylic acids is 1. The molecule has 0 amide bonds. The normalized spacial score (nSPS) is 4.00. The third kappa shape index (κ3) is 23.7. The van der Waals surface area contributed by atoms with Gasteiger partial charge >= 0.3 is 103 Å². The van der Waals surface area contributed by atoms with Crippen LogP contribution >= 0.6 is 0 Å². The Morgan fingerprint density at radius 1 is 1.50 bits per heavy atom. The first-order valence-electron chi connectivity index (χ1n) is 1.11. The van der Waals surface area contributed by atoms with Crippen molar-refractivity contribution in [2.45, 2.75) is 0 Å². The quantitative estimate of drug-likeness (QED) is 0.287. The molecule has 0 aromatic heterocycles. The van der Waals surface area contributed by atoms with E-state index in [1.54, 1.807) is 0 Å². The smallest absolute Gasteiger partial charge is 0.870 e. The molecule has 0 aromatic carbocycles. The van der Waals surface area contributed by atoms with E-state index < -0.39 is 5.97 Å². The molecule has 3 nitrogen and oxygen atoms in total. The van der Waals surface area contributed by atoms with E-state index in [1.165, 1.54) is 0 Å². The standard InChI is InChI=1S/C3H4O2.2K.H2O/c1-2-3(4)5;;;/h2H,1H2,(H,4,5);;;1H2/q;2*+1;/p-2. The van der Waals surface area contributed by atoms with E-state index in [4.69, 9.17) is 9.90 Å². The molecule has 0 radical (unpaired) electrons. The second-order valence-corrected chi connectivity index (χ2v) is 0.523. The van der Waals surface area contributed by atoms with Gasteiger partial charge in [0.2, 0.25) is 0 Å². The van der Waals surface area contributed by atoms with Crippen molar-refractivity contribution in [2.75, 3.05) is 0 Å². The van der Waals surface area contributed by atoms with E-state index in [0.717, 1.165) is 6.08 Å². The summed E-state index contributed by atoms with van der Waals surface area (Å²) in [5.74, 6) is -1.23. The summed E-state index contributed by atoms with van der Waals surface area (Å²) in [5.41, 5.74) is 0. The van der Waals surface area contributed by atoms with E-state index >= 15 is 0 Å². The molecule has 0 saturated carbocycles. The Labute approximate surface area is 133 Å². The Morgan fingerprint density at radius 3 is 1.62 bits per heavy atom. The Hall–Kier alpha value is 2.44. The number of hydrogen-bond acceptors (Lipinski definition) is 3. The van der Waals surface area contributed by atoms with Crippen LogP contribution in [0.1, 0.15) is 0 Å². The van der Waals surface area contributed by atoms with Crippen LogP contribution in [0.4, 0.5) is 0 Å². The van der Waals surface area contributed by atoms with Crippen LogP contribution < -0.4 is 108 Å². The number of carboxylic acids is 1. The molecule has 36 valence electrons. The first kappa shape index (κ1) is 22.4. The van der Waals surface area contributed by atoms with Crippen LogP contribution in [0, 0.1) is 0 Å². The minimum atomic E-state index is -1.23. The molecule has 0 unspecified atom stereocenters. The van der Waals surface area contributed by atoms with Gasteiger partial charge in [-0.05, 0) is 6.08 Å². The summed E-state index contributed by atoms with van der Waals surface area (Å²) in [4.78, 5) is 9.14. The Balaban J connectivity index is -0.0000000267. The van der Waals surface area contributed by atoms with Crippen molar-refractivity contribution < 1.29 is 118 Å². The van der Waals surface area contributed by atoms with Gasteiger partial charge in [-0.15, -0.1) is 0 Å². The fraction of sp³-hybridized carbons (Fsp3) is 0. The van der Waals surface area contributed by atoms with Crippen molar-refractivity contribution in [3.8, 4) is 0 Å². The van der Waals surface area contributed by atoms with E-state index in [9.17, 15) is 0 Å². The van der Waals surface area contributed by atoms with Crippen molar-refractivity contribution in [2.24, 2.45) is 0 Å². The second kappa shape index (κ2) is 16.2. The van der Waals surface area contributed by atoms with E-state index in [2.05, 4.69) is 6.58 Å². The van der Waals surface area contributed by atoms with E-state index in [-0.39, 0.29) is 108 Å². The molecule has 0 bridgehead atoms. The molecule has 5 heteroatoms. The second-order valence-electron chi connectivity index (χ2n) is 0.523. The maximum atomic E-state index is 9.14. The predicted octanol–water partition coefficient (Wildman–Crippen LogP) is -7.25. The summed E-state index contributed by atoms with van der Waals surface area (Å²) < 4.78 is 0. The molecule has 0 saturated heterocycles. The zero-order valence-electron chi connectivity index (χ0n) is 5.05. The van der Waals surface area contributed by atoms with E-state index in [1.807, 2.05) is 0 Å². The number of carbonyl (C=O) groups is 1. The van der Waals surface area contributed by atoms with Gasteiger partial charge in [-0.1, -0.05) is 6.58 Å². The third-order valence-electron chi connectivity index (χ3n) is 0.167. The molecule has 0 aliphatic rings. The van der Waals surface area contributed by atoms with Gasteiger partial charge < -0.3 is 15.4 Å². The van der Waals surface area contributed by atoms with E-state index in [0.29, 0.717) is 0 Å². The van der Waals surface area contributed by atoms with Gasteiger partial charge in [0.25, 0.3) is 0 Å². The number of carbonyl (C=O) groups excluding carboxylic acids is 1. The van der Waals surface area contributed by atoms with Crippen molar-refractivity contribution >= 4 is 5.97 Å². The average Bonchev–Trinajstić information content (AvgIpc) is 1.38. The van der Waals surface area contributed by atoms with Gasteiger partial charge in [0.1, 0.15) is 0 Å². The van der Waals surface area contributed by atoms with Gasteiger partial charge in [0, 0.05) is 0 Å². The summed E-state index contributed by atoms with van der Waals surface area (Å²) in [6, 6.07) is 0. The van der Waals surface area contributed by atoms with Gasteiger partial charge in [-0.2, -0.15) is 0 Å². The summed E-state index contributed by atoms with van der Waals surface area (Å²) >= 11 is 0. The molecular formula is C3H4K2O3. The Morgan fingerprint density at radius 2 is 1.62 bits per heavy atom. The first-order valence-corrected chi connectivity index (χ1v) is 1.11. The molecular weight excluding hydrogens is 162 g/mol. The Kier molecular flexibility index (Phi) is 45.5. The third-order valence-corrected chi connectivity index (χ3v) is 0.167. The molecule has 0 rings (SSSR count). The molecule has 0 fully saturated rings. The summed E-state index contributed by atoms with van der Waals surface area (Å²) in [5, 5.41) is 9.14. The molecule has 0 aliphatic heterocycles. The molecule has 0 heterocycles. The summed E-state index contributed by atoms with van der Waals surface area (Å²) in [6.45, 7) is 2.90. The fourth-order valence-corrected chi connectivity index (χ4v) is 0. The van der Waals surface area contributed by atoms with Gasteiger partial charge in [0.05, 0.1) is 5.97 Å². The summed E-state index contributed by atoms with van der Waals surface area (Å²) in [6.07, 6.45) is 0.722. The molecule has 1 N–H and O–H groups in total. The molecule has 0 atom stereocenters. The monoisotopic (exact) mass is 166 g/mol. The summed E-state index contributed by atoms with van der Waals surface area (Å²) in [7, 11) is 0. The number of hydrogen-bond donors (Lipinski definition) is 0.